The maximum absolute atomic E-state index is 8.83. The maximum Gasteiger partial charge on any atom is 0.172 e. The maximum atomic E-state index is 8.83. The molecule has 0 atom stereocenters. The van der Waals surface area contributed by atoms with Gasteiger partial charge in [0, 0.05) is 25.0 Å². The first kappa shape index (κ1) is 13.2. The molecule has 0 saturated heterocycles. The van der Waals surface area contributed by atoms with Gasteiger partial charge in [-0.3, -0.25) is 4.98 Å². The van der Waals surface area contributed by atoms with E-state index in [1.807, 2.05) is 30.1 Å². The molecule has 0 spiro atoms. The van der Waals surface area contributed by atoms with Gasteiger partial charge < -0.3 is 15.8 Å². The molecular formula is C13H13ClN4O. The average molecular weight is 277 g/mol. The minimum absolute atomic E-state index is 0.0487. The molecule has 0 amide bonds. The quantitative estimate of drug-likeness (QED) is 0.391. The zero-order chi connectivity index (χ0) is 13.8. The molecule has 0 radical (unpaired) electrons. The summed E-state index contributed by atoms with van der Waals surface area (Å²) in [4.78, 5) is 5.81. The van der Waals surface area contributed by atoms with Crippen LogP contribution in [0.4, 0.5) is 11.4 Å². The number of halogens is 1. The molecule has 0 aliphatic rings. The molecule has 5 nitrogen and oxygen atoms in total. The Balaban J connectivity index is 2.51. The van der Waals surface area contributed by atoms with Crippen molar-refractivity contribution in [1.82, 2.24) is 4.98 Å². The number of rotatable bonds is 3. The topological polar surface area (TPSA) is 74.7 Å². The van der Waals surface area contributed by atoms with Crippen molar-refractivity contribution in [3.63, 3.8) is 0 Å². The van der Waals surface area contributed by atoms with E-state index in [1.165, 1.54) is 0 Å². The number of hydrogen-bond acceptors (Lipinski definition) is 4. The first-order valence-electron chi connectivity index (χ1n) is 5.55. The minimum Gasteiger partial charge on any atom is -0.409 e. The number of nitrogens with zero attached hydrogens (tertiary/aromatic N) is 3. The minimum atomic E-state index is 0.0487. The van der Waals surface area contributed by atoms with Crippen LogP contribution in [0.25, 0.3) is 0 Å². The predicted octanol–water partition coefficient (Wildman–Crippen LogP) is 2.60. The second-order valence-corrected chi connectivity index (χ2v) is 4.30. The normalized spacial score (nSPS) is 11.4. The third-order valence-corrected chi connectivity index (χ3v) is 3.05. The van der Waals surface area contributed by atoms with E-state index >= 15 is 0 Å². The lowest BCUT2D eigenvalue weighted by atomic mass is 10.1. The monoisotopic (exact) mass is 276 g/mol. The van der Waals surface area contributed by atoms with E-state index in [1.54, 1.807) is 24.5 Å². The molecule has 19 heavy (non-hydrogen) atoms. The third-order valence-electron chi connectivity index (χ3n) is 2.76. The summed E-state index contributed by atoms with van der Waals surface area (Å²) >= 11 is 6.12. The second kappa shape index (κ2) is 5.58. The van der Waals surface area contributed by atoms with Gasteiger partial charge in [-0.2, -0.15) is 0 Å². The van der Waals surface area contributed by atoms with E-state index in [0.717, 1.165) is 11.4 Å². The molecular weight excluding hydrogens is 264 g/mol. The molecule has 0 saturated carbocycles. The molecule has 0 aliphatic heterocycles. The molecule has 6 heteroatoms. The Morgan fingerprint density at radius 3 is 2.74 bits per heavy atom. The highest BCUT2D eigenvalue weighted by molar-refractivity contribution is 6.33. The average Bonchev–Trinajstić information content (AvgIpc) is 2.46. The van der Waals surface area contributed by atoms with Gasteiger partial charge in [-0.15, -0.1) is 0 Å². The zero-order valence-electron chi connectivity index (χ0n) is 10.3. The summed E-state index contributed by atoms with van der Waals surface area (Å²) in [6.07, 6.45) is 3.23. The van der Waals surface area contributed by atoms with Crippen molar-refractivity contribution >= 4 is 28.8 Å². The Morgan fingerprint density at radius 2 is 2.05 bits per heavy atom. The van der Waals surface area contributed by atoms with Crippen LogP contribution in [0.2, 0.25) is 5.02 Å². The molecule has 0 bridgehead atoms. The second-order valence-electron chi connectivity index (χ2n) is 3.89. The van der Waals surface area contributed by atoms with Gasteiger partial charge in [0.25, 0.3) is 0 Å². The molecule has 2 aromatic rings. The fourth-order valence-electron chi connectivity index (χ4n) is 1.81. The molecule has 98 valence electrons. The number of hydrogen-bond donors (Lipinski definition) is 2. The van der Waals surface area contributed by atoms with Gasteiger partial charge in [0.2, 0.25) is 0 Å². The SMILES string of the molecule is CN(c1ccncc1Cl)c1ccccc1C(N)=NO. The third kappa shape index (κ3) is 2.61. The summed E-state index contributed by atoms with van der Waals surface area (Å²) in [6.45, 7) is 0. The van der Waals surface area contributed by atoms with Crippen LogP contribution in [0.5, 0.6) is 0 Å². The number of oxime groups is 1. The van der Waals surface area contributed by atoms with Crippen LogP contribution in [-0.2, 0) is 0 Å². The Hall–Kier alpha value is -2.27. The van der Waals surface area contributed by atoms with Crippen LogP contribution >= 0.6 is 11.6 Å². The Labute approximate surface area is 115 Å². The molecule has 0 fully saturated rings. The summed E-state index contributed by atoms with van der Waals surface area (Å²) < 4.78 is 0. The number of pyridine rings is 1. The van der Waals surface area contributed by atoms with E-state index in [-0.39, 0.29) is 5.84 Å². The van der Waals surface area contributed by atoms with Gasteiger partial charge in [-0.05, 0) is 18.2 Å². The predicted molar refractivity (Wildman–Crippen MR) is 76.3 cm³/mol. The number of nitrogens with two attached hydrogens (primary N) is 1. The molecule has 3 N–H and O–H groups in total. The van der Waals surface area contributed by atoms with Crippen LogP contribution in [-0.4, -0.2) is 23.1 Å². The van der Waals surface area contributed by atoms with Crippen LogP contribution < -0.4 is 10.6 Å². The lowest BCUT2D eigenvalue weighted by Gasteiger charge is -2.22. The van der Waals surface area contributed by atoms with Crippen molar-refractivity contribution in [2.24, 2.45) is 10.9 Å². The van der Waals surface area contributed by atoms with E-state index in [0.29, 0.717) is 10.6 Å². The van der Waals surface area contributed by atoms with Crippen molar-refractivity contribution in [1.29, 1.82) is 0 Å². The van der Waals surface area contributed by atoms with Crippen LogP contribution in [0.15, 0.2) is 47.9 Å². The smallest absolute Gasteiger partial charge is 0.172 e. The highest BCUT2D eigenvalue weighted by atomic mass is 35.5. The lowest BCUT2D eigenvalue weighted by Crippen LogP contribution is -2.19. The van der Waals surface area contributed by atoms with Gasteiger partial charge in [0.1, 0.15) is 0 Å². The summed E-state index contributed by atoms with van der Waals surface area (Å²) in [7, 11) is 1.85. The largest absolute Gasteiger partial charge is 0.409 e. The fourth-order valence-corrected chi connectivity index (χ4v) is 2.05. The summed E-state index contributed by atoms with van der Waals surface area (Å²) in [5.74, 6) is 0.0487. The lowest BCUT2D eigenvalue weighted by molar-refractivity contribution is 0.318. The van der Waals surface area contributed by atoms with Gasteiger partial charge in [-0.25, -0.2) is 0 Å². The standard InChI is InChI=1S/C13H13ClN4O/c1-18(12-6-7-16-8-10(12)14)11-5-3-2-4-9(11)13(15)17-19/h2-8,19H,1H3,(H2,15,17). The summed E-state index contributed by atoms with van der Waals surface area (Å²) in [5.41, 5.74) is 7.87. The van der Waals surface area contributed by atoms with Crippen LogP contribution in [0, 0.1) is 0 Å². The van der Waals surface area contributed by atoms with Crippen LogP contribution in [0.1, 0.15) is 5.56 Å². The zero-order valence-corrected chi connectivity index (χ0v) is 11.0. The van der Waals surface area contributed by atoms with Gasteiger partial charge in [-0.1, -0.05) is 28.9 Å². The molecule has 1 aromatic heterocycles. The Morgan fingerprint density at radius 1 is 1.32 bits per heavy atom. The summed E-state index contributed by atoms with van der Waals surface area (Å²) in [5, 5.41) is 12.4. The van der Waals surface area contributed by atoms with Crippen molar-refractivity contribution in [2.75, 3.05) is 11.9 Å². The number of benzene rings is 1. The number of aromatic nitrogens is 1. The van der Waals surface area contributed by atoms with Crippen molar-refractivity contribution in [2.45, 2.75) is 0 Å². The van der Waals surface area contributed by atoms with Gasteiger partial charge in [0.05, 0.1) is 16.4 Å². The fraction of sp³-hybridized carbons (Fsp3) is 0.0769. The molecule has 1 heterocycles. The number of anilines is 2. The van der Waals surface area contributed by atoms with Crippen molar-refractivity contribution < 1.29 is 5.21 Å². The van der Waals surface area contributed by atoms with E-state index in [2.05, 4.69) is 10.1 Å². The molecule has 0 aliphatic carbocycles. The van der Waals surface area contributed by atoms with E-state index in [9.17, 15) is 0 Å². The summed E-state index contributed by atoms with van der Waals surface area (Å²) in [6, 6.07) is 9.12. The Bertz CT molecular complexity index is 615. The van der Waals surface area contributed by atoms with E-state index in [4.69, 9.17) is 22.5 Å². The van der Waals surface area contributed by atoms with Crippen molar-refractivity contribution in [3.8, 4) is 0 Å². The number of para-hydroxylation sites is 1. The van der Waals surface area contributed by atoms with Crippen LogP contribution in [0.3, 0.4) is 0 Å². The molecule has 1 aromatic carbocycles. The Kier molecular flexibility index (Phi) is 3.87. The number of amidine groups is 1. The van der Waals surface area contributed by atoms with Gasteiger partial charge >= 0.3 is 0 Å². The van der Waals surface area contributed by atoms with Gasteiger partial charge in [0.15, 0.2) is 5.84 Å². The molecule has 0 unspecified atom stereocenters. The first-order chi connectivity index (χ1) is 9.15. The highest BCUT2D eigenvalue weighted by Gasteiger charge is 2.13. The van der Waals surface area contributed by atoms with E-state index < -0.39 is 0 Å². The highest BCUT2D eigenvalue weighted by Crippen LogP contribution is 2.31. The first-order valence-corrected chi connectivity index (χ1v) is 5.93. The molecule has 2 rings (SSSR count). The van der Waals surface area contributed by atoms with Crippen molar-refractivity contribution in [3.05, 3.63) is 53.3 Å².